The van der Waals surface area contributed by atoms with E-state index in [9.17, 15) is 13.8 Å². The van der Waals surface area contributed by atoms with E-state index in [1.807, 2.05) is 51.1 Å². The first kappa shape index (κ1) is 29.2. The number of Topliss-reactive ketones (excluding diaryl/α,β-unsaturated/α-hetero) is 1. The molecular weight excluding hydrogens is 528 g/mol. The number of rotatable bonds is 11. The highest BCUT2D eigenvalue weighted by Crippen LogP contribution is 2.32. The molecule has 0 saturated heterocycles. The van der Waals surface area contributed by atoms with Crippen LogP contribution in [0.3, 0.4) is 0 Å². The number of hydrogen-bond acceptors (Lipinski definition) is 7. The minimum atomic E-state index is -1.22. The van der Waals surface area contributed by atoms with Gasteiger partial charge in [0, 0.05) is 28.3 Å². The van der Waals surface area contributed by atoms with Gasteiger partial charge in [0.15, 0.2) is 5.78 Å². The number of hydrogen-bond donors (Lipinski definition) is 1. The molecule has 2 aromatic carbocycles. The number of nitrogens with zero attached hydrogens (tertiary/aromatic N) is 1. The van der Waals surface area contributed by atoms with Gasteiger partial charge >= 0.3 is 5.97 Å². The number of fused-ring (bicyclic) bond motifs is 1. The Morgan fingerprint density at radius 1 is 1.07 bits per heavy atom. The molecule has 0 aliphatic rings. The predicted octanol–water partition coefficient (Wildman–Crippen LogP) is 5.93. The number of benzene rings is 2. The average molecular weight is 563 g/mol. The van der Waals surface area contributed by atoms with E-state index in [1.54, 1.807) is 37.6 Å². The molecule has 8 nitrogen and oxygen atoms in total. The smallest absolute Gasteiger partial charge is 0.310 e. The molecule has 0 spiro atoms. The van der Waals surface area contributed by atoms with Crippen LogP contribution in [-0.2, 0) is 40.1 Å². The third kappa shape index (κ3) is 7.22. The maximum absolute atomic E-state index is 12.4. The monoisotopic (exact) mass is 562 g/mol. The zero-order valence-corrected chi connectivity index (χ0v) is 24.2. The molecule has 0 fully saturated rings. The molecule has 40 heavy (non-hydrogen) atoms. The second-order valence-electron chi connectivity index (χ2n) is 10.4. The van der Waals surface area contributed by atoms with Crippen LogP contribution in [0, 0.1) is 0 Å². The molecule has 0 saturated carbocycles. The highest BCUT2D eigenvalue weighted by atomic mass is 32.2. The van der Waals surface area contributed by atoms with Gasteiger partial charge in [-0.05, 0) is 82.1 Å². The fraction of sp³-hybridized carbons (Fsp3) is 0.323. The van der Waals surface area contributed by atoms with Crippen molar-refractivity contribution in [2.75, 3.05) is 6.61 Å². The normalized spacial score (nSPS) is 12.3. The van der Waals surface area contributed by atoms with Gasteiger partial charge in [0.25, 0.3) is 0 Å². The summed E-state index contributed by atoms with van der Waals surface area (Å²) in [6.45, 7) is 9.84. The first-order valence-electron chi connectivity index (χ1n) is 13.1. The summed E-state index contributed by atoms with van der Waals surface area (Å²) < 4.78 is 32.2. The lowest BCUT2D eigenvalue weighted by Gasteiger charge is -2.18. The van der Waals surface area contributed by atoms with Crippen molar-refractivity contribution >= 4 is 33.7 Å². The molecule has 2 aromatic heterocycles. The second kappa shape index (κ2) is 12.6. The summed E-state index contributed by atoms with van der Waals surface area (Å²) in [5.41, 5.74) is 5.27. The van der Waals surface area contributed by atoms with Gasteiger partial charge in [-0.3, -0.25) is 14.6 Å². The van der Waals surface area contributed by atoms with Crippen molar-refractivity contribution in [2.45, 2.75) is 58.9 Å². The van der Waals surface area contributed by atoms with Gasteiger partial charge in [0.1, 0.15) is 17.9 Å². The van der Waals surface area contributed by atoms with Crippen molar-refractivity contribution in [3.8, 4) is 16.9 Å². The van der Waals surface area contributed by atoms with Crippen LogP contribution in [0.4, 0.5) is 0 Å². The topological polar surface area (TPSA) is 108 Å². The largest absolute Gasteiger partial charge is 0.489 e. The SMILES string of the molecule is CCOC(=O)Cc1ccc(C(C)=O)cc1OCc1cc(-c2ccnc(CN[S@@](=O)C(C)(C)C)c2)c2occc2c1. The number of furan rings is 1. The van der Waals surface area contributed by atoms with Gasteiger partial charge in [0.2, 0.25) is 0 Å². The molecule has 2 heterocycles. The summed E-state index contributed by atoms with van der Waals surface area (Å²) in [6, 6.07) is 14.8. The molecule has 0 radical (unpaired) electrons. The Hall–Kier alpha value is -3.82. The number of ether oxygens (including phenoxy) is 2. The average Bonchev–Trinajstić information content (AvgIpc) is 3.39. The Morgan fingerprint density at radius 2 is 1.88 bits per heavy atom. The molecule has 0 aliphatic heterocycles. The summed E-state index contributed by atoms with van der Waals surface area (Å²) in [5.74, 6) is 0.00186. The first-order valence-corrected chi connectivity index (χ1v) is 14.2. The number of esters is 1. The molecule has 1 N–H and O–H groups in total. The summed E-state index contributed by atoms with van der Waals surface area (Å²) >= 11 is 0. The number of nitrogens with one attached hydrogen (secondary N) is 1. The third-order valence-corrected chi connectivity index (χ3v) is 7.71. The molecule has 0 amide bonds. The minimum absolute atomic E-state index is 0.0429. The Balaban J connectivity index is 1.61. The summed E-state index contributed by atoms with van der Waals surface area (Å²) in [5, 5.41) is 0.908. The van der Waals surface area contributed by atoms with Crippen molar-refractivity contribution in [2.24, 2.45) is 0 Å². The summed E-state index contributed by atoms with van der Waals surface area (Å²) in [7, 11) is -1.22. The lowest BCUT2D eigenvalue weighted by molar-refractivity contribution is -0.142. The molecule has 9 heteroatoms. The fourth-order valence-corrected chi connectivity index (χ4v) is 4.83. The van der Waals surface area contributed by atoms with Gasteiger partial charge in [-0.25, -0.2) is 8.93 Å². The van der Waals surface area contributed by atoms with Crippen LogP contribution in [0.5, 0.6) is 5.75 Å². The van der Waals surface area contributed by atoms with E-state index in [1.165, 1.54) is 6.92 Å². The van der Waals surface area contributed by atoms with Crippen LogP contribution < -0.4 is 9.46 Å². The number of carbonyl (C=O) groups excluding carboxylic acids is 2. The molecule has 0 aliphatic carbocycles. The Kier molecular flexibility index (Phi) is 9.17. The van der Waals surface area contributed by atoms with Crippen molar-refractivity contribution < 1.29 is 27.7 Å². The van der Waals surface area contributed by atoms with Crippen LogP contribution >= 0.6 is 0 Å². The van der Waals surface area contributed by atoms with Crippen molar-refractivity contribution in [3.05, 3.63) is 83.4 Å². The lowest BCUT2D eigenvalue weighted by atomic mass is 10.0. The molecule has 0 unspecified atom stereocenters. The van der Waals surface area contributed by atoms with E-state index < -0.39 is 11.0 Å². The van der Waals surface area contributed by atoms with Gasteiger partial charge in [-0.2, -0.15) is 0 Å². The molecule has 0 bridgehead atoms. The van der Waals surface area contributed by atoms with Gasteiger partial charge in [0.05, 0.1) is 47.3 Å². The number of carbonyl (C=O) groups is 2. The standard InChI is InChI=1S/C31H34N2O6S/c1-6-37-29(35)17-24-8-7-22(20(2)34)16-28(24)39-19-21-13-25-10-12-38-30(25)27(14-21)23-9-11-32-26(15-23)18-33-40(36)31(3,4)5/h7-16,33H,6,17-19H2,1-5H3/t40-/m0/s1. The molecule has 4 rings (SSSR count). The fourth-order valence-electron chi connectivity index (χ4n) is 4.12. The van der Waals surface area contributed by atoms with Crippen molar-refractivity contribution in [3.63, 3.8) is 0 Å². The van der Waals surface area contributed by atoms with Crippen LogP contribution in [0.2, 0.25) is 0 Å². The van der Waals surface area contributed by atoms with Crippen LogP contribution in [0.1, 0.15) is 61.8 Å². The molecular formula is C31H34N2O6S. The number of pyridine rings is 1. The maximum Gasteiger partial charge on any atom is 0.310 e. The first-order chi connectivity index (χ1) is 19.0. The van der Waals surface area contributed by atoms with Gasteiger partial charge < -0.3 is 13.9 Å². The third-order valence-electron chi connectivity index (χ3n) is 6.19. The van der Waals surface area contributed by atoms with E-state index >= 15 is 0 Å². The van der Waals surface area contributed by atoms with Crippen LogP contribution in [0.15, 0.2) is 65.4 Å². The summed E-state index contributed by atoms with van der Waals surface area (Å²) in [6.07, 6.45) is 3.41. The van der Waals surface area contributed by atoms with Crippen LogP contribution in [0.25, 0.3) is 22.1 Å². The molecule has 4 aromatic rings. The minimum Gasteiger partial charge on any atom is -0.489 e. The molecule has 210 valence electrons. The highest BCUT2D eigenvalue weighted by molar-refractivity contribution is 7.84. The van der Waals surface area contributed by atoms with E-state index in [2.05, 4.69) is 9.71 Å². The number of ketones is 1. The number of aromatic nitrogens is 1. The van der Waals surface area contributed by atoms with Crippen molar-refractivity contribution in [1.29, 1.82) is 0 Å². The zero-order chi connectivity index (χ0) is 28.9. The highest BCUT2D eigenvalue weighted by Gasteiger charge is 2.19. The van der Waals surface area contributed by atoms with E-state index in [-0.39, 0.29) is 36.1 Å². The Labute approximate surface area is 236 Å². The Morgan fingerprint density at radius 3 is 2.60 bits per heavy atom. The summed E-state index contributed by atoms with van der Waals surface area (Å²) in [4.78, 5) is 28.6. The van der Waals surface area contributed by atoms with E-state index in [4.69, 9.17) is 13.9 Å². The van der Waals surface area contributed by atoms with E-state index in [0.717, 1.165) is 33.4 Å². The van der Waals surface area contributed by atoms with Gasteiger partial charge in [-0.1, -0.05) is 12.1 Å². The van der Waals surface area contributed by atoms with Crippen molar-refractivity contribution in [1.82, 2.24) is 9.71 Å². The zero-order valence-electron chi connectivity index (χ0n) is 23.4. The second-order valence-corrected chi connectivity index (χ2v) is 12.4. The quantitative estimate of drug-likeness (QED) is 0.178. The Bertz CT molecular complexity index is 1550. The van der Waals surface area contributed by atoms with Gasteiger partial charge in [-0.15, -0.1) is 0 Å². The van der Waals surface area contributed by atoms with Crippen LogP contribution in [-0.4, -0.2) is 32.3 Å². The van der Waals surface area contributed by atoms with E-state index in [0.29, 0.717) is 23.4 Å². The predicted molar refractivity (Wildman–Crippen MR) is 155 cm³/mol. The molecule has 1 atom stereocenters. The maximum atomic E-state index is 12.4. The lowest BCUT2D eigenvalue weighted by Crippen LogP contribution is -2.33.